The van der Waals surface area contributed by atoms with Crippen LogP contribution in [-0.2, 0) is 25.5 Å². The molecule has 8 nitrogen and oxygen atoms in total. The van der Waals surface area contributed by atoms with E-state index < -0.39 is 16.1 Å². The van der Waals surface area contributed by atoms with E-state index in [-0.39, 0.29) is 44.2 Å². The number of carbonyl (C=O) groups excluding carboxylic acids is 1. The average molecular weight is 595 g/mol. The zero-order valence-electron chi connectivity index (χ0n) is 26.5. The molecule has 0 bridgehead atoms. The summed E-state index contributed by atoms with van der Waals surface area (Å²) < 4.78 is 34.0. The van der Waals surface area contributed by atoms with Gasteiger partial charge in [0.1, 0.15) is 17.9 Å². The first kappa shape index (κ1) is 34.6. The Morgan fingerprint density at radius 3 is 2.05 bits per heavy atom. The summed E-state index contributed by atoms with van der Waals surface area (Å²) in [6, 6.07) is 12.7. The molecular weight excluding hydrogens is 548 g/mol. The van der Waals surface area contributed by atoms with Gasteiger partial charge in [-0.05, 0) is 53.4 Å². The summed E-state index contributed by atoms with van der Waals surface area (Å²) in [6.45, 7) is 18.6. The number of carbonyl (C=O) groups is 1. The number of anilines is 1. The van der Waals surface area contributed by atoms with Crippen molar-refractivity contribution in [2.45, 2.75) is 110 Å². The Labute approximate surface area is 252 Å². The van der Waals surface area contributed by atoms with Crippen LogP contribution in [0.25, 0.3) is 0 Å². The van der Waals surface area contributed by atoms with Gasteiger partial charge in [-0.25, -0.2) is 13.4 Å². The van der Waals surface area contributed by atoms with Crippen molar-refractivity contribution in [1.29, 1.82) is 10.5 Å². The normalized spacial score (nSPS) is 13.4. The minimum atomic E-state index is -3.91. The molecule has 0 radical (unpaired) electrons. The van der Waals surface area contributed by atoms with Gasteiger partial charge in [-0.3, -0.25) is 10.2 Å². The first-order chi connectivity index (χ1) is 19.7. The maximum Gasteiger partial charge on any atom is 0.225 e. The SMILES string of the molecule is CCC(C)CS(=O)(=O)c1cc(C#N)c(C#N)cc1N(NC=O)C(CC)Oc1ccc(C(C)(C)CC)cc1C(C)(C)CC. The Morgan fingerprint density at radius 1 is 0.952 bits per heavy atom. The molecule has 2 unspecified atom stereocenters. The standard InChI is InChI=1S/C33H46N4O4S/c1-10-23(5)21-42(39,40)30-17-25(20-35)24(19-34)16-28(30)37(36-22-38)31(11-2)41-29-15-14-26(32(6,7)12-3)18-27(29)33(8,9)13-4/h14-18,22-23,31H,10-13,21H2,1-9H3,(H,36,38). The molecule has 9 heteroatoms. The number of rotatable bonds is 15. The Kier molecular flexibility index (Phi) is 11.6. The van der Waals surface area contributed by atoms with Crippen LogP contribution in [0.5, 0.6) is 5.75 Å². The largest absolute Gasteiger partial charge is 0.468 e. The first-order valence-electron chi connectivity index (χ1n) is 14.7. The molecule has 2 rings (SSSR count). The first-order valence-corrected chi connectivity index (χ1v) is 16.3. The van der Waals surface area contributed by atoms with Gasteiger partial charge in [0, 0.05) is 12.0 Å². The fraction of sp³-hybridized carbons (Fsp3) is 0.545. The molecule has 0 aliphatic rings. The highest BCUT2D eigenvalue weighted by molar-refractivity contribution is 7.91. The summed E-state index contributed by atoms with van der Waals surface area (Å²) in [5.74, 6) is 0.336. The molecule has 0 spiro atoms. The minimum Gasteiger partial charge on any atom is -0.468 e. The molecule has 42 heavy (non-hydrogen) atoms. The van der Waals surface area contributed by atoms with Crippen LogP contribution in [0.3, 0.4) is 0 Å². The molecule has 0 aliphatic heterocycles. The summed E-state index contributed by atoms with van der Waals surface area (Å²) in [4.78, 5) is 11.8. The molecule has 1 N–H and O–H groups in total. The van der Waals surface area contributed by atoms with Gasteiger partial charge in [0.2, 0.25) is 6.41 Å². The van der Waals surface area contributed by atoms with E-state index in [4.69, 9.17) is 4.74 Å². The second-order valence-electron chi connectivity index (χ2n) is 12.2. The van der Waals surface area contributed by atoms with E-state index in [0.29, 0.717) is 25.0 Å². The van der Waals surface area contributed by atoms with Crippen molar-refractivity contribution < 1.29 is 17.9 Å². The number of hydrogen-bond donors (Lipinski definition) is 1. The van der Waals surface area contributed by atoms with E-state index in [1.54, 1.807) is 0 Å². The van der Waals surface area contributed by atoms with Crippen molar-refractivity contribution in [2.24, 2.45) is 5.92 Å². The molecular formula is C33H46N4O4S. The summed E-state index contributed by atoms with van der Waals surface area (Å²) in [6.07, 6.45) is 2.44. The van der Waals surface area contributed by atoms with E-state index in [0.717, 1.165) is 18.4 Å². The molecule has 2 aromatic rings. The Bertz CT molecular complexity index is 1450. The van der Waals surface area contributed by atoms with Crippen molar-refractivity contribution in [2.75, 3.05) is 10.8 Å². The Balaban J connectivity index is 2.81. The summed E-state index contributed by atoms with van der Waals surface area (Å²) in [7, 11) is -3.91. The van der Waals surface area contributed by atoms with Crippen LogP contribution in [0.15, 0.2) is 35.2 Å². The number of sulfone groups is 1. The number of hydrogen-bond acceptors (Lipinski definition) is 7. The monoisotopic (exact) mass is 594 g/mol. The van der Waals surface area contributed by atoms with E-state index >= 15 is 0 Å². The predicted octanol–water partition coefficient (Wildman–Crippen LogP) is 6.91. The van der Waals surface area contributed by atoms with E-state index in [2.05, 4.69) is 59.1 Å². The number of hydrazine groups is 1. The smallest absolute Gasteiger partial charge is 0.225 e. The van der Waals surface area contributed by atoms with Gasteiger partial charge in [0.25, 0.3) is 0 Å². The van der Waals surface area contributed by atoms with Gasteiger partial charge in [-0.1, -0.05) is 80.9 Å². The molecule has 0 saturated carbocycles. The number of ether oxygens (including phenoxy) is 1. The fourth-order valence-electron chi connectivity index (χ4n) is 4.58. The van der Waals surface area contributed by atoms with Crippen molar-refractivity contribution in [3.63, 3.8) is 0 Å². The van der Waals surface area contributed by atoms with Crippen LogP contribution < -0.4 is 15.2 Å². The van der Waals surface area contributed by atoms with Gasteiger partial charge in [-0.2, -0.15) is 10.5 Å². The molecule has 1 amide bonds. The van der Waals surface area contributed by atoms with Crippen LogP contribution in [0.2, 0.25) is 0 Å². The van der Waals surface area contributed by atoms with E-state index in [9.17, 15) is 23.7 Å². The summed E-state index contributed by atoms with van der Waals surface area (Å²) in [5.41, 5.74) is 4.58. The van der Waals surface area contributed by atoms with Gasteiger partial charge >= 0.3 is 0 Å². The molecule has 0 fully saturated rings. The fourth-order valence-corrected chi connectivity index (χ4v) is 6.52. The van der Waals surface area contributed by atoms with Crippen molar-refractivity contribution in [3.8, 4) is 17.9 Å². The molecule has 2 atom stereocenters. The molecule has 0 heterocycles. The highest BCUT2D eigenvalue weighted by atomic mass is 32.2. The van der Waals surface area contributed by atoms with Crippen LogP contribution in [0.4, 0.5) is 5.69 Å². The molecule has 0 aliphatic carbocycles. The topological polar surface area (TPSA) is 123 Å². The number of amides is 1. The number of nitrogens with one attached hydrogen (secondary N) is 1. The lowest BCUT2D eigenvalue weighted by atomic mass is 9.76. The van der Waals surface area contributed by atoms with Crippen LogP contribution in [0, 0.1) is 28.6 Å². The predicted molar refractivity (Wildman–Crippen MR) is 167 cm³/mol. The second-order valence-corrected chi connectivity index (χ2v) is 14.2. The van der Waals surface area contributed by atoms with Crippen molar-refractivity contribution in [3.05, 3.63) is 52.6 Å². The quantitative estimate of drug-likeness (QED) is 0.135. The van der Waals surface area contributed by atoms with Gasteiger partial charge in [0.05, 0.1) is 27.5 Å². The summed E-state index contributed by atoms with van der Waals surface area (Å²) >= 11 is 0. The zero-order chi connectivity index (χ0) is 31.9. The molecule has 0 aromatic heterocycles. The highest BCUT2D eigenvalue weighted by Crippen LogP contribution is 2.40. The minimum absolute atomic E-state index is 0.00139. The van der Waals surface area contributed by atoms with E-state index in [1.165, 1.54) is 22.7 Å². The molecule has 0 saturated heterocycles. The zero-order valence-corrected chi connectivity index (χ0v) is 27.4. The maximum atomic E-state index is 13.7. The van der Waals surface area contributed by atoms with Gasteiger partial charge in [-0.15, -0.1) is 0 Å². The molecule has 2 aromatic carbocycles. The summed E-state index contributed by atoms with van der Waals surface area (Å²) in [5, 5.41) is 20.8. The van der Waals surface area contributed by atoms with Crippen molar-refractivity contribution in [1.82, 2.24) is 5.43 Å². The van der Waals surface area contributed by atoms with Crippen LogP contribution in [0.1, 0.15) is 110 Å². The maximum absolute atomic E-state index is 13.7. The van der Waals surface area contributed by atoms with Crippen LogP contribution >= 0.6 is 0 Å². The third kappa shape index (κ3) is 7.63. The average Bonchev–Trinajstić information content (AvgIpc) is 2.97. The third-order valence-corrected chi connectivity index (χ3v) is 10.5. The number of benzene rings is 2. The number of nitrogens with zero attached hydrogens (tertiary/aromatic N) is 3. The van der Waals surface area contributed by atoms with E-state index in [1.807, 2.05) is 39.0 Å². The third-order valence-electron chi connectivity index (χ3n) is 8.49. The number of nitriles is 2. The molecule has 228 valence electrons. The lowest BCUT2D eigenvalue weighted by Crippen LogP contribution is -2.49. The Morgan fingerprint density at radius 2 is 1.55 bits per heavy atom. The van der Waals surface area contributed by atoms with Crippen molar-refractivity contribution >= 4 is 21.9 Å². The van der Waals surface area contributed by atoms with Gasteiger partial charge < -0.3 is 4.74 Å². The highest BCUT2D eigenvalue weighted by Gasteiger charge is 2.32. The lowest BCUT2D eigenvalue weighted by molar-refractivity contribution is -0.110. The van der Waals surface area contributed by atoms with Gasteiger partial charge in [0.15, 0.2) is 16.1 Å². The van der Waals surface area contributed by atoms with Crippen LogP contribution in [-0.4, -0.2) is 26.8 Å². The second kappa shape index (κ2) is 14.1. The lowest BCUT2D eigenvalue weighted by Gasteiger charge is -2.36. The Hall–Kier alpha value is -3.56.